The number of rotatable bonds is 10. The number of hydrogen-bond acceptors (Lipinski definition) is 11. The number of carboxylic acids is 2. The number of guanidine groups is 1. The molecule has 0 radical (unpaired) electrons. The van der Waals surface area contributed by atoms with Gasteiger partial charge in [-0.05, 0) is 37.1 Å². The molecule has 1 aromatic rings. The van der Waals surface area contributed by atoms with E-state index in [0.717, 1.165) is 0 Å². The van der Waals surface area contributed by atoms with Crippen LogP contribution in [0.15, 0.2) is 34.3 Å². The Morgan fingerprint density at radius 1 is 1.12 bits per heavy atom. The number of fused-ring (bicyclic) bond motifs is 1. The van der Waals surface area contributed by atoms with Crippen LogP contribution in [0.5, 0.6) is 0 Å². The number of amidine groups is 1. The Morgan fingerprint density at radius 2 is 1.73 bits per heavy atom. The van der Waals surface area contributed by atoms with Crippen molar-refractivity contribution in [1.82, 2.24) is 15.5 Å². The number of benzene rings is 1. The van der Waals surface area contributed by atoms with Crippen LogP contribution in [0.1, 0.15) is 23.2 Å². The van der Waals surface area contributed by atoms with E-state index in [0.29, 0.717) is 12.1 Å². The summed E-state index contributed by atoms with van der Waals surface area (Å²) in [5.74, 6) is -4.20. The van der Waals surface area contributed by atoms with Gasteiger partial charge in [0.25, 0.3) is 11.8 Å². The smallest absolute Gasteiger partial charge is 0.550 e. The number of nitrogens with two attached hydrogens (primary N) is 1. The topological polar surface area (TPSA) is 379 Å². The number of aliphatic imine (C=N–C) groups is 2. The van der Waals surface area contributed by atoms with E-state index in [1.807, 2.05) is 0 Å². The van der Waals surface area contributed by atoms with E-state index in [1.54, 1.807) is 12.1 Å². The Kier molecular flexibility index (Phi) is 21.4. The summed E-state index contributed by atoms with van der Waals surface area (Å²) in [6, 6.07) is 3.07. The molecule has 19 nitrogen and oxygen atoms in total. The molecule has 3 unspecified atom stereocenters. The van der Waals surface area contributed by atoms with E-state index in [9.17, 15) is 34.2 Å². The molecule has 2 heterocycles. The van der Waals surface area contributed by atoms with E-state index in [2.05, 4.69) is 25.9 Å². The molecule has 40 heavy (non-hydrogen) atoms. The Morgan fingerprint density at radius 3 is 2.25 bits per heavy atom. The number of carboxylic acid groups (broad SMARTS) is 2. The minimum atomic E-state index is -1.61. The van der Waals surface area contributed by atoms with Crippen LogP contribution in [0, 0.1) is 0 Å². The Balaban J connectivity index is -0.00000108. The van der Waals surface area contributed by atoms with Crippen LogP contribution in [-0.2, 0) is 19.2 Å². The van der Waals surface area contributed by atoms with Gasteiger partial charge in [0, 0.05) is 23.8 Å². The van der Waals surface area contributed by atoms with Crippen molar-refractivity contribution in [3.8, 4) is 0 Å². The van der Waals surface area contributed by atoms with Gasteiger partial charge in [-0.3, -0.25) is 24.7 Å². The van der Waals surface area contributed by atoms with Crippen LogP contribution in [0.25, 0.3) is 0 Å². The van der Waals surface area contributed by atoms with Crippen LogP contribution in [0.4, 0.5) is 5.69 Å². The zero-order chi connectivity index (χ0) is 24.8. The second-order valence-electron chi connectivity index (χ2n) is 7.51. The molecule has 3 amide bonds. The van der Waals surface area contributed by atoms with Gasteiger partial charge in [0.1, 0.15) is 0 Å². The first kappa shape index (κ1) is 43.6. The fourth-order valence-corrected chi connectivity index (χ4v) is 3.46. The molecule has 0 aromatic heterocycles. The molecule has 1 aromatic carbocycles. The van der Waals surface area contributed by atoms with Crippen molar-refractivity contribution in [3.05, 3.63) is 29.8 Å². The van der Waals surface area contributed by atoms with Gasteiger partial charge < -0.3 is 68.5 Å². The maximum Gasteiger partial charge on any atom is 2.00 e. The molecule has 0 aliphatic carbocycles. The van der Waals surface area contributed by atoms with E-state index in [1.165, 1.54) is 17.0 Å². The Hall–Kier alpha value is -3.43. The molecule has 20 heteroatoms. The van der Waals surface area contributed by atoms with Gasteiger partial charge in [0.05, 0.1) is 24.6 Å². The molecule has 220 valence electrons. The van der Waals surface area contributed by atoms with Crippen molar-refractivity contribution in [3.63, 3.8) is 0 Å². The molecule has 2 aliphatic rings. The SMILES string of the molecule is NC1=NC2=NCC(CNc3ccc(C(=O)NC(CCC(=O)[O-])C(=O)[O-])cc3)N(C=O)C2C(=O)N1.O.O.O.O.O.[Ca+2]. The molecule has 2 aliphatic heterocycles. The maximum absolute atomic E-state index is 12.3. The molecule has 0 spiro atoms. The van der Waals surface area contributed by atoms with Crippen molar-refractivity contribution in [1.29, 1.82) is 0 Å². The van der Waals surface area contributed by atoms with Crippen LogP contribution < -0.4 is 31.9 Å². The zero-order valence-corrected chi connectivity index (χ0v) is 23.1. The summed E-state index contributed by atoms with van der Waals surface area (Å²) < 4.78 is 0. The van der Waals surface area contributed by atoms with Gasteiger partial charge in [-0.15, -0.1) is 0 Å². The van der Waals surface area contributed by atoms with Crippen molar-refractivity contribution in [2.24, 2.45) is 15.7 Å². The van der Waals surface area contributed by atoms with Gasteiger partial charge >= 0.3 is 37.7 Å². The molecule has 3 rings (SSSR count). The minimum absolute atomic E-state index is 0. The maximum atomic E-state index is 12.3. The summed E-state index contributed by atoms with van der Waals surface area (Å²) in [7, 11) is 0. The predicted molar refractivity (Wildman–Crippen MR) is 137 cm³/mol. The Labute approximate surface area is 256 Å². The van der Waals surface area contributed by atoms with Gasteiger partial charge in [-0.1, -0.05) is 0 Å². The summed E-state index contributed by atoms with van der Waals surface area (Å²) in [5.41, 5.74) is 6.25. The third-order valence-corrected chi connectivity index (χ3v) is 5.20. The average molecular weight is 602 g/mol. The second-order valence-corrected chi connectivity index (χ2v) is 7.51. The van der Waals surface area contributed by atoms with Crippen molar-refractivity contribution in [2.75, 3.05) is 18.4 Å². The second kappa shape index (κ2) is 19.6. The van der Waals surface area contributed by atoms with E-state index in [4.69, 9.17) is 5.73 Å². The number of hydrogen-bond donors (Lipinski definition) is 4. The van der Waals surface area contributed by atoms with Crippen LogP contribution in [-0.4, -0.2) is 143 Å². The number of carbonyl (C=O) groups is 5. The van der Waals surface area contributed by atoms with E-state index in [-0.39, 0.29) is 102 Å². The van der Waals surface area contributed by atoms with Crippen molar-refractivity contribution < 1.29 is 61.6 Å². The first-order valence-corrected chi connectivity index (χ1v) is 10.2. The first-order valence-electron chi connectivity index (χ1n) is 10.2. The first-order chi connectivity index (χ1) is 16.2. The van der Waals surface area contributed by atoms with Gasteiger partial charge in [0.2, 0.25) is 12.4 Å². The molecule has 15 N–H and O–H groups in total. The third-order valence-electron chi connectivity index (χ3n) is 5.20. The van der Waals surface area contributed by atoms with Gasteiger partial charge in [0.15, 0.2) is 11.9 Å². The number of amides is 3. The molecular formula is C20H31CaN7O12. The summed E-state index contributed by atoms with van der Waals surface area (Å²) in [4.78, 5) is 67.3. The minimum Gasteiger partial charge on any atom is -0.550 e. The number of anilines is 1. The average Bonchev–Trinajstić information content (AvgIpc) is 2.79. The summed E-state index contributed by atoms with van der Waals surface area (Å²) in [6.07, 6.45) is -0.371. The number of nitrogens with one attached hydrogen (secondary N) is 3. The largest absolute Gasteiger partial charge is 2.00 e. The number of aliphatic carboxylic acids is 2. The van der Waals surface area contributed by atoms with Crippen molar-refractivity contribution >= 4 is 85.4 Å². The summed E-state index contributed by atoms with van der Waals surface area (Å²) in [5, 5.41) is 29.3. The van der Waals surface area contributed by atoms with Gasteiger partial charge in [-0.2, -0.15) is 4.99 Å². The third kappa shape index (κ3) is 11.0. The van der Waals surface area contributed by atoms with E-state index < -0.39 is 48.3 Å². The van der Waals surface area contributed by atoms with Crippen LogP contribution >= 0.6 is 0 Å². The monoisotopic (exact) mass is 601 g/mol. The summed E-state index contributed by atoms with van der Waals surface area (Å²) >= 11 is 0. The van der Waals surface area contributed by atoms with E-state index >= 15 is 0 Å². The fraction of sp³-hybridized carbons (Fsp3) is 0.350. The number of carbonyl (C=O) groups excluding carboxylic acids is 5. The normalized spacial score (nSPS) is 17.1. The number of nitrogens with zero attached hydrogens (tertiary/aromatic N) is 3. The van der Waals surface area contributed by atoms with Crippen LogP contribution in [0.3, 0.4) is 0 Å². The quantitative estimate of drug-likeness (QED) is 0.146. The zero-order valence-electron chi connectivity index (χ0n) is 20.9. The molecule has 3 atom stereocenters. The summed E-state index contributed by atoms with van der Waals surface area (Å²) in [6.45, 7) is 0.429. The molecule has 0 fully saturated rings. The molecule has 0 bridgehead atoms. The fourth-order valence-electron chi connectivity index (χ4n) is 3.46. The Bertz CT molecular complexity index is 1070. The molecular weight excluding hydrogens is 570 g/mol. The van der Waals surface area contributed by atoms with Crippen LogP contribution in [0.2, 0.25) is 0 Å². The standard InChI is InChI=1S/C20H23N7O7.Ca.5H2O/c21-20-25-16-15(18(32)26-20)27(9-28)12(8-23-16)7-22-11-3-1-10(2-4-11)17(31)24-13(19(33)34)5-6-14(29)30;;;;;;/h1-4,9,12-13,15,22H,5-8H2,(H,24,31)(H,29,30)(H,33,34)(H3,21,23,25,26,32);;5*1H2/q;+2;;;;;/p-2. The van der Waals surface area contributed by atoms with Gasteiger partial charge in [-0.25, -0.2) is 0 Å². The predicted octanol–water partition coefficient (Wildman–Crippen LogP) is -8.98. The molecule has 0 saturated carbocycles. The molecule has 0 saturated heterocycles. The van der Waals surface area contributed by atoms with Crippen molar-refractivity contribution in [2.45, 2.75) is 31.0 Å².